The molecule has 0 unspecified atom stereocenters. The summed E-state index contributed by atoms with van der Waals surface area (Å²) in [6.07, 6.45) is 3.71. The monoisotopic (exact) mass is 197 g/mol. The topological polar surface area (TPSA) is 22.2 Å². The molecule has 0 aliphatic rings. The molecule has 3 nitrogen and oxygen atoms in total. The summed E-state index contributed by atoms with van der Waals surface area (Å²) in [5.41, 5.74) is 2.13. The molecule has 0 radical (unpaired) electrons. The van der Waals surface area contributed by atoms with Gasteiger partial charge in [0.05, 0.1) is 0 Å². The lowest BCUT2D eigenvalue weighted by Gasteiger charge is -2.04. The number of benzene rings is 1. The van der Waals surface area contributed by atoms with Gasteiger partial charge in [0.15, 0.2) is 0 Å². The maximum absolute atomic E-state index is 6.78. The quantitative estimate of drug-likeness (QED) is 0.678. The van der Waals surface area contributed by atoms with Gasteiger partial charge in [0.25, 0.3) is 0 Å². The Morgan fingerprint density at radius 1 is 1.33 bits per heavy atom. The Bertz CT molecular complexity index is 488. The smallest absolute Gasteiger partial charge is 0.239 e. The SMILES string of the molecule is [C-]#[N+]Cc1ccc(-n2ccnc2C)cc1. The van der Waals surface area contributed by atoms with E-state index in [4.69, 9.17) is 6.57 Å². The first kappa shape index (κ1) is 9.47. The second kappa shape index (κ2) is 3.97. The van der Waals surface area contributed by atoms with E-state index in [9.17, 15) is 0 Å². The minimum atomic E-state index is 0.448. The number of hydrogen-bond donors (Lipinski definition) is 0. The maximum Gasteiger partial charge on any atom is 0.239 e. The molecule has 0 saturated carbocycles. The van der Waals surface area contributed by atoms with Crippen LogP contribution >= 0.6 is 0 Å². The van der Waals surface area contributed by atoms with Gasteiger partial charge >= 0.3 is 0 Å². The average molecular weight is 197 g/mol. The first-order valence-corrected chi connectivity index (χ1v) is 4.74. The molecular weight excluding hydrogens is 186 g/mol. The van der Waals surface area contributed by atoms with E-state index in [2.05, 4.69) is 9.83 Å². The van der Waals surface area contributed by atoms with Crippen molar-refractivity contribution in [3.05, 3.63) is 59.5 Å². The molecule has 0 atom stereocenters. The fourth-order valence-electron chi connectivity index (χ4n) is 1.50. The van der Waals surface area contributed by atoms with Crippen LogP contribution in [-0.4, -0.2) is 9.55 Å². The van der Waals surface area contributed by atoms with Gasteiger partial charge in [-0.1, -0.05) is 0 Å². The van der Waals surface area contributed by atoms with Gasteiger partial charge in [-0.2, -0.15) is 0 Å². The number of aryl methyl sites for hydroxylation is 1. The van der Waals surface area contributed by atoms with Crippen LogP contribution < -0.4 is 0 Å². The summed E-state index contributed by atoms with van der Waals surface area (Å²) in [6.45, 7) is 9.19. The van der Waals surface area contributed by atoms with Crippen LogP contribution in [0.5, 0.6) is 0 Å². The standard InChI is InChI=1S/C12H11N3/c1-10-14-7-8-15(10)12-5-3-11(4-6-12)9-13-2/h3-8H,9H2,1H3. The molecule has 0 amide bonds. The van der Waals surface area contributed by atoms with Crippen molar-refractivity contribution in [2.45, 2.75) is 13.5 Å². The van der Waals surface area contributed by atoms with E-state index in [1.54, 1.807) is 6.20 Å². The van der Waals surface area contributed by atoms with Crippen molar-refractivity contribution in [1.29, 1.82) is 0 Å². The summed E-state index contributed by atoms with van der Waals surface area (Å²) >= 11 is 0. The predicted octanol–water partition coefficient (Wildman–Crippen LogP) is 2.60. The molecule has 1 heterocycles. The zero-order valence-corrected chi connectivity index (χ0v) is 8.51. The minimum Gasteiger partial charge on any atom is -0.312 e. The third kappa shape index (κ3) is 1.89. The second-order valence-electron chi connectivity index (χ2n) is 3.33. The van der Waals surface area contributed by atoms with Crippen molar-refractivity contribution in [1.82, 2.24) is 9.55 Å². The number of imidazole rings is 1. The van der Waals surface area contributed by atoms with E-state index in [1.165, 1.54) is 0 Å². The summed E-state index contributed by atoms with van der Waals surface area (Å²) < 4.78 is 2.02. The van der Waals surface area contributed by atoms with Crippen LogP contribution in [0.25, 0.3) is 10.5 Å². The molecule has 0 aliphatic heterocycles. The van der Waals surface area contributed by atoms with Crippen LogP contribution in [0.3, 0.4) is 0 Å². The highest BCUT2D eigenvalue weighted by Crippen LogP contribution is 2.12. The summed E-state index contributed by atoms with van der Waals surface area (Å²) in [4.78, 5) is 7.51. The first-order valence-electron chi connectivity index (χ1n) is 4.74. The van der Waals surface area contributed by atoms with Crippen LogP contribution in [0, 0.1) is 13.5 Å². The Morgan fingerprint density at radius 2 is 2.07 bits per heavy atom. The zero-order valence-electron chi connectivity index (χ0n) is 8.51. The fourth-order valence-corrected chi connectivity index (χ4v) is 1.50. The molecule has 2 rings (SSSR count). The van der Waals surface area contributed by atoms with Gasteiger partial charge in [0, 0.05) is 23.6 Å². The van der Waals surface area contributed by atoms with Crippen molar-refractivity contribution in [3.63, 3.8) is 0 Å². The molecule has 0 saturated heterocycles. The fraction of sp³-hybridized carbons (Fsp3) is 0.167. The molecule has 0 bridgehead atoms. The Balaban J connectivity index is 2.33. The minimum absolute atomic E-state index is 0.448. The Morgan fingerprint density at radius 3 is 2.60 bits per heavy atom. The van der Waals surface area contributed by atoms with Crippen LogP contribution in [0.4, 0.5) is 0 Å². The number of nitrogens with zero attached hydrogens (tertiary/aromatic N) is 3. The highest BCUT2D eigenvalue weighted by Gasteiger charge is 2.00. The summed E-state index contributed by atoms with van der Waals surface area (Å²) in [5.74, 6) is 0.966. The number of rotatable bonds is 2. The van der Waals surface area contributed by atoms with Crippen molar-refractivity contribution in [2.24, 2.45) is 0 Å². The van der Waals surface area contributed by atoms with Crippen LogP contribution in [-0.2, 0) is 6.54 Å². The van der Waals surface area contributed by atoms with Gasteiger partial charge in [0.1, 0.15) is 5.82 Å². The highest BCUT2D eigenvalue weighted by atomic mass is 15.1. The first-order chi connectivity index (χ1) is 7.31. The molecule has 2 aromatic rings. The predicted molar refractivity (Wildman–Crippen MR) is 58.6 cm³/mol. The van der Waals surface area contributed by atoms with Gasteiger partial charge in [-0.25, -0.2) is 11.6 Å². The van der Waals surface area contributed by atoms with Crippen molar-refractivity contribution < 1.29 is 0 Å². The van der Waals surface area contributed by atoms with E-state index < -0.39 is 0 Å². The zero-order chi connectivity index (χ0) is 10.7. The van der Waals surface area contributed by atoms with E-state index in [1.807, 2.05) is 42.0 Å². The second-order valence-corrected chi connectivity index (χ2v) is 3.33. The van der Waals surface area contributed by atoms with Gasteiger partial charge in [-0.15, -0.1) is 0 Å². The van der Waals surface area contributed by atoms with Gasteiger partial charge < -0.3 is 9.41 Å². The molecule has 15 heavy (non-hydrogen) atoms. The lowest BCUT2D eigenvalue weighted by Crippen LogP contribution is -1.95. The number of aromatic nitrogens is 2. The molecule has 0 spiro atoms. The molecule has 1 aromatic carbocycles. The third-order valence-corrected chi connectivity index (χ3v) is 2.30. The summed E-state index contributed by atoms with van der Waals surface area (Å²) in [6, 6.07) is 7.98. The van der Waals surface area contributed by atoms with Crippen LogP contribution in [0.1, 0.15) is 11.4 Å². The van der Waals surface area contributed by atoms with E-state index >= 15 is 0 Å². The molecule has 3 heteroatoms. The van der Waals surface area contributed by atoms with Gasteiger partial charge in [-0.3, -0.25) is 0 Å². The number of hydrogen-bond acceptors (Lipinski definition) is 1. The lowest BCUT2D eigenvalue weighted by atomic mass is 10.2. The van der Waals surface area contributed by atoms with E-state index in [-0.39, 0.29) is 0 Å². The third-order valence-electron chi connectivity index (χ3n) is 2.30. The Hall–Kier alpha value is -2.08. The Kier molecular flexibility index (Phi) is 2.51. The average Bonchev–Trinajstić information content (AvgIpc) is 2.66. The normalized spacial score (nSPS) is 9.87. The van der Waals surface area contributed by atoms with Gasteiger partial charge in [0.2, 0.25) is 6.54 Å². The molecule has 0 N–H and O–H groups in total. The summed E-state index contributed by atoms with van der Waals surface area (Å²) in [7, 11) is 0. The van der Waals surface area contributed by atoms with Crippen molar-refractivity contribution >= 4 is 0 Å². The highest BCUT2D eigenvalue weighted by molar-refractivity contribution is 5.36. The summed E-state index contributed by atoms with van der Waals surface area (Å²) in [5, 5.41) is 0. The Labute approximate surface area is 88.8 Å². The molecule has 0 aliphatic carbocycles. The maximum atomic E-state index is 6.78. The van der Waals surface area contributed by atoms with Crippen LogP contribution in [0.2, 0.25) is 0 Å². The largest absolute Gasteiger partial charge is 0.312 e. The molecule has 74 valence electrons. The van der Waals surface area contributed by atoms with Crippen LogP contribution in [0.15, 0.2) is 36.7 Å². The van der Waals surface area contributed by atoms with E-state index in [0.29, 0.717) is 6.54 Å². The van der Waals surface area contributed by atoms with E-state index in [0.717, 1.165) is 17.1 Å². The van der Waals surface area contributed by atoms with Crippen molar-refractivity contribution in [3.8, 4) is 5.69 Å². The molecule has 0 fully saturated rings. The molecular formula is C12H11N3. The van der Waals surface area contributed by atoms with Crippen molar-refractivity contribution in [2.75, 3.05) is 0 Å². The molecule has 1 aromatic heterocycles. The van der Waals surface area contributed by atoms with Gasteiger partial charge in [-0.05, 0) is 31.2 Å². The lowest BCUT2D eigenvalue weighted by molar-refractivity contribution is 0.973.